The summed E-state index contributed by atoms with van der Waals surface area (Å²) in [7, 11) is -3.68. The van der Waals surface area contributed by atoms with Crippen LogP contribution < -0.4 is 9.62 Å². The molecule has 3 aromatic rings. The minimum atomic E-state index is -3.68. The van der Waals surface area contributed by atoms with Crippen molar-refractivity contribution in [2.45, 2.75) is 23.6 Å². The number of amides is 1. The molecular weight excluding hydrogens is 452 g/mol. The Morgan fingerprint density at radius 1 is 1.00 bits per heavy atom. The van der Waals surface area contributed by atoms with E-state index in [4.69, 9.17) is 11.6 Å². The van der Waals surface area contributed by atoms with Crippen LogP contribution in [0.3, 0.4) is 0 Å². The second kappa shape index (κ2) is 10.2. The molecule has 0 spiro atoms. The number of hydrogen-bond acceptors (Lipinski definition) is 4. The first kappa shape index (κ1) is 23.2. The van der Waals surface area contributed by atoms with Gasteiger partial charge in [-0.2, -0.15) is 0 Å². The van der Waals surface area contributed by atoms with E-state index >= 15 is 0 Å². The maximum Gasteiger partial charge on any atom is 0.247 e. The number of hydrogen-bond donors (Lipinski definition) is 1. The molecule has 0 aliphatic carbocycles. The molecule has 3 rings (SSSR count). The lowest BCUT2D eigenvalue weighted by Crippen LogP contribution is -2.45. The Balaban J connectivity index is 1.67. The predicted molar refractivity (Wildman–Crippen MR) is 129 cm³/mol. The summed E-state index contributed by atoms with van der Waals surface area (Å²) < 4.78 is 25.8. The number of carbonyl (C=O) groups is 1. The van der Waals surface area contributed by atoms with E-state index in [2.05, 4.69) is 17.4 Å². The Bertz CT molecular complexity index is 1120. The molecular formula is C23H23ClN2O3S2. The van der Waals surface area contributed by atoms with E-state index in [9.17, 15) is 13.2 Å². The molecule has 0 bridgehead atoms. The average Bonchev–Trinajstić information content (AvgIpc) is 2.74. The number of carbonyl (C=O) groups excluding carboxylic acids is 1. The van der Waals surface area contributed by atoms with Gasteiger partial charge in [0.05, 0.1) is 11.9 Å². The fourth-order valence-corrected chi connectivity index (χ4v) is 5.19. The highest BCUT2D eigenvalue weighted by Crippen LogP contribution is 2.25. The van der Waals surface area contributed by atoms with Gasteiger partial charge in [0.2, 0.25) is 15.9 Å². The molecule has 0 saturated heterocycles. The second-order valence-corrected chi connectivity index (χ2v) is 10.3. The highest BCUT2D eigenvalue weighted by molar-refractivity contribution is 7.98. The Morgan fingerprint density at radius 3 is 2.19 bits per heavy atom. The van der Waals surface area contributed by atoms with Crippen LogP contribution >= 0.6 is 23.4 Å². The van der Waals surface area contributed by atoms with Crippen molar-refractivity contribution in [3.8, 4) is 0 Å². The number of sulfonamides is 1. The van der Waals surface area contributed by atoms with E-state index in [0.717, 1.165) is 21.9 Å². The maximum absolute atomic E-state index is 12.8. The van der Waals surface area contributed by atoms with Crippen LogP contribution in [-0.2, 0) is 20.6 Å². The highest BCUT2D eigenvalue weighted by Gasteiger charge is 2.29. The quantitative estimate of drug-likeness (QED) is 0.442. The van der Waals surface area contributed by atoms with E-state index in [0.29, 0.717) is 16.4 Å². The molecule has 0 aromatic heterocycles. The smallest absolute Gasteiger partial charge is 0.247 e. The molecule has 1 atom stereocenters. The van der Waals surface area contributed by atoms with E-state index in [-0.39, 0.29) is 0 Å². The largest absolute Gasteiger partial charge is 0.324 e. The molecule has 3 aromatic carbocycles. The van der Waals surface area contributed by atoms with Gasteiger partial charge in [-0.1, -0.05) is 41.9 Å². The van der Waals surface area contributed by atoms with Crippen LogP contribution in [0.25, 0.3) is 0 Å². The molecule has 31 heavy (non-hydrogen) atoms. The predicted octanol–water partition coefficient (Wildman–Crippen LogP) is 5.43. The van der Waals surface area contributed by atoms with Gasteiger partial charge >= 0.3 is 0 Å². The Hall–Kier alpha value is -2.48. The minimum Gasteiger partial charge on any atom is -0.324 e. The van der Waals surface area contributed by atoms with E-state index in [1.54, 1.807) is 43.0 Å². The van der Waals surface area contributed by atoms with Crippen LogP contribution in [0.5, 0.6) is 0 Å². The third-order valence-corrected chi connectivity index (χ3v) is 7.12. The Labute approximate surface area is 192 Å². The lowest BCUT2D eigenvalue weighted by molar-refractivity contribution is -0.116. The Kier molecular flexibility index (Phi) is 7.64. The number of nitrogens with zero attached hydrogens (tertiary/aromatic N) is 1. The van der Waals surface area contributed by atoms with Crippen LogP contribution in [0.1, 0.15) is 12.5 Å². The first-order valence-electron chi connectivity index (χ1n) is 9.56. The van der Waals surface area contributed by atoms with Crippen molar-refractivity contribution in [1.82, 2.24) is 0 Å². The molecule has 1 N–H and O–H groups in total. The van der Waals surface area contributed by atoms with Gasteiger partial charge in [-0.15, -0.1) is 11.8 Å². The molecule has 1 unspecified atom stereocenters. The van der Waals surface area contributed by atoms with E-state index < -0.39 is 22.0 Å². The zero-order valence-electron chi connectivity index (χ0n) is 17.2. The summed E-state index contributed by atoms with van der Waals surface area (Å²) in [4.78, 5) is 14.0. The number of nitrogens with one attached hydrogen (secondary N) is 1. The molecule has 0 aliphatic heterocycles. The van der Waals surface area contributed by atoms with Gasteiger partial charge in [-0.25, -0.2) is 8.42 Å². The van der Waals surface area contributed by atoms with Crippen molar-refractivity contribution in [3.05, 3.63) is 89.4 Å². The maximum atomic E-state index is 12.8. The zero-order valence-corrected chi connectivity index (χ0v) is 19.5. The molecule has 5 nitrogen and oxygen atoms in total. The summed E-state index contributed by atoms with van der Waals surface area (Å²) in [6, 6.07) is 23.0. The number of anilines is 2. The second-order valence-electron chi connectivity index (χ2n) is 7.00. The molecule has 1 amide bonds. The topological polar surface area (TPSA) is 66.5 Å². The first-order valence-corrected chi connectivity index (χ1v) is 12.8. The Morgan fingerprint density at radius 2 is 1.61 bits per heavy atom. The molecule has 8 heteroatoms. The SMILES string of the molecule is CC(C(=O)Nc1ccc(CSc2ccccc2)cc1)N(c1ccc(Cl)cc1)S(C)(=O)=O. The molecule has 0 heterocycles. The van der Waals surface area contributed by atoms with Crippen LogP contribution in [0.4, 0.5) is 11.4 Å². The van der Waals surface area contributed by atoms with Crippen LogP contribution in [0.15, 0.2) is 83.8 Å². The fourth-order valence-electron chi connectivity index (χ4n) is 3.01. The molecule has 0 fully saturated rings. The number of rotatable bonds is 8. The standard InChI is InChI=1S/C23H23ClN2O3S2/c1-17(26(31(2,28)29)21-14-10-19(24)11-15-21)23(27)25-20-12-8-18(9-13-20)16-30-22-6-4-3-5-7-22/h3-15,17H,16H2,1-2H3,(H,25,27). The van der Waals surface area contributed by atoms with Crippen LogP contribution in [0, 0.1) is 0 Å². The normalized spacial score (nSPS) is 12.2. The molecule has 162 valence electrons. The van der Waals surface area contributed by atoms with Crippen LogP contribution in [-0.4, -0.2) is 26.6 Å². The van der Waals surface area contributed by atoms with Gasteiger partial charge in [0.25, 0.3) is 0 Å². The number of halogens is 1. The average molecular weight is 475 g/mol. The van der Waals surface area contributed by atoms with E-state index in [1.165, 1.54) is 4.90 Å². The minimum absolute atomic E-state index is 0.378. The van der Waals surface area contributed by atoms with Crippen LogP contribution in [0.2, 0.25) is 5.02 Å². The summed E-state index contributed by atoms with van der Waals surface area (Å²) in [6.45, 7) is 1.55. The third-order valence-electron chi connectivity index (χ3n) is 4.54. The highest BCUT2D eigenvalue weighted by atomic mass is 35.5. The van der Waals surface area contributed by atoms with Gasteiger partial charge < -0.3 is 5.32 Å². The van der Waals surface area contributed by atoms with Crippen molar-refractivity contribution in [3.63, 3.8) is 0 Å². The van der Waals surface area contributed by atoms with Gasteiger partial charge in [-0.05, 0) is 61.0 Å². The van der Waals surface area contributed by atoms with Crippen molar-refractivity contribution < 1.29 is 13.2 Å². The summed E-state index contributed by atoms with van der Waals surface area (Å²) in [5.41, 5.74) is 2.11. The number of benzene rings is 3. The van der Waals surface area contributed by atoms with Crippen molar-refractivity contribution in [2.24, 2.45) is 0 Å². The van der Waals surface area contributed by atoms with Crippen molar-refractivity contribution in [1.29, 1.82) is 0 Å². The number of thioether (sulfide) groups is 1. The van der Waals surface area contributed by atoms with Gasteiger partial charge in [0, 0.05) is 21.4 Å². The first-order chi connectivity index (χ1) is 14.7. The molecule has 0 aliphatic rings. The van der Waals surface area contributed by atoms with Gasteiger partial charge in [0.15, 0.2) is 0 Å². The lowest BCUT2D eigenvalue weighted by Gasteiger charge is -2.28. The fraction of sp³-hybridized carbons (Fsp3) is 0.174. The molecule has 0 saturated carbocycles. The summed E-state index contributed by atoms with van der Waals surface area (Å²) in [5.74, 6) is 0.388. The van der Waals surface area contributed by atoms with Gasteiger partial charge in [-0.3, -0.25) is 9.10 Å². The summed E-state index contributed by atoms with van der Waals surface area (Å²) in [5, 5.41) is 3.28. The summed E-state index contributed by atoms with van der Waals surface area (Å²) >= 11 is 7.63. The van der Waals surface area contributed by atoms with Gasteiger partial charge in [0.1, 0.15) is 6.04 Å². The lowest BCUT2D eigenvalue weighted by atomic mass is 10.2. The summed E-state index contributed by atoms with van der Waals surface area (Å²) in [6.07, 6.45) is 1.07. The van der Waals surface area contributed by atoms with E-state index in [1.807, 2.05) is 42.5 Å². The zero-order chi connectivity index (χ0) is 22.4. The monoisotopic (exact) mass is 474 g/mol. The van der Waals surface area contributed by atoms with Crippen molar-refractivity contribution >= 4 is 50.7 Å². The third kappa shape index (κ3) is 6.50. The van der Waals surface area contributed by atoms with Crippen molar-refractivity contribution in [2.75, 3.05) is 15.9 Å². The molecule has 0 radical (unpaired) electrons.